The van der Waals surface area contributed by atoms with Crippen LogP contribution in [0.3, 0.4) is 0 Å². The van der Waals surface area contributed by atoms with Crippen LogP contribution in [0.1, 0.15) is 43.1 Å². The number of nitrogens with one attached hydrogen (secondary N) is 2. The fourth-order valence-corrected chi connectivity index (χ4v) is 4.94. The summed E-state index contributed by atoms with van der Waals surface area (Å²) in [5.74, 6) is -0.300. The molecule has 2 amide bonds. The van der Waals surface area contributed by atoms with Crippen molar-refractivity contribution in [2.24, 2.45) is 5.92 Å². The number of nitrogens with zero attached hydrogens (tertiary/aromatic N) is 2. The number of carbonyl (C=O) groups is 2. The number of hydrogen-bond donors (Lipinski definition) is 2. The van der Waals surface area contributed by atoms with Gasteiger partial charge in [-0.15, -0.1) is 11.3 Å². The van der Waals surface area contributed by atoms with E-state index in [1.807, 2.05) is 29.6 Å². The van der Waals surface area contributed by atoms with Gasteiger partial charge in [-0.3, -0.25) is 9.59 Å². The van der Waals surface area contributed by atoms with Gasteiger partial charge in [-0.1, -0.05) is 25.1 Å². The molecule has 0 saturated carbocycles. The number of carbonyl (C=O) groups excluding carboxylic acids is 2. The van der Waals surface area contributed by atoms with E-state index in [4.69, 9.17) is 0 Å². The van der Waals surface area contributed by atoms with Gasteiger partial charge in [0.05, 0.1) is 5.69 Å². The molecule has 2 N–H and O–H groups in total. The lowest BCUT2D eigenvalue weighted by Gasteiger charge is -2.24. The van der Waals surface area contributed by atoms with Crippen LogP contribution in [-0.2, 0) is 22.6 Å². The maximum absolute atomic E-state index is 12.5. The summed E-state index contributed by atoms with van der Waals surface area (Å²) >= 11 is 1.43. The second-order valence-corrected chi connectivity index (χ2v) is 8.97. The number of rotatable bonds is 7. The Morgan fingerprint density at radius 1 is 1.32 bits per heavy atom. The quantitative estimate of drug-likeness (QED) is 0.537. The third kappa shape index (κ3) is 4.56. The number of thiazole rings is 1. The maximum atomic E-state index is 12.5. The Morgan fingerprint density at radius 2 is 2.13 bits per heavy atom. The van der Waals surface area contributed by atoms with Crippen LogP contribution in [0.5, 0.6) is 0 Å². The Balaban J connectivity index is 1.36. The molecule has 4 rings (SSSR count). The lowest BCUT2D eigenvalue weighted by Crippen LogP contribution is -2.30. The van der Waals surface area contributed by atoms with Gasteiger partial charge in [-0.05, 0) is 50.8 Å². The SMILES string of the molecule is CCCn1c(C)cc(-c2csc(NC(=O)CC[C@@H]3Cc4ccccc4NC3=O)n2)c1C. The van der Waals surface area contributed by atoms with Crippen LogP contribution in [0, 0.1) is 19.8 Å². The van der Waals surface area contributed by atoms with E-state index in [-0.39, 0.29) is 17.7 Å². The average Bonchev–Trinajstić information content (AvgIpc) is 3.32. The molecule has 3 aromatic rings. The molecule has 1 atom stereocenters. The summed E-state index contributed by atoms with van der Waals surface area (Å²) in [4.78, 5) is 29.5. The average molecular weight is 437 g/mol. The first-order valence-corrected chi connectivity index (χ1v) is 11.7. The molecule has 162 valence electrons. The molecule has 31 heavy (non-hydrogen) atoms. The molecule has 7 heteroatoms. The Kier molecular flexibility index (Phi) is 6.23. The highest BCUT2D eigenvalue weighted by Gasteiger charge is 2.26. The highest BCUT2D eigenvalue weighted by atomic mass is 32.1. The topological polar surface area (TPSA) is 76.0 Å². The van der Waals surface area contributed by atoms with E-state index in [9.17, 15) is 9.59 Å². The lowest BCUT2D eigenvalue weighted by molar-refractivity contribution is -0.121. The predicted octanol–water partition coefficient (Wildman–Crippen LogP) is 5.17. The van der Waals surface area contributed by atoms with E-state index >= 15 is 0 Å². The Morgan fingerprint density at radius 3 is 2.94 bits per heavy atom. The van der Waals surface area contributed by atoms with Crippen LogP contribution in [0.4, 0.5) is 10.8 Å². The zero-order valence-electron chi connectivity index (χ0n) is 18.2. The van der Waals surface area contributed by atoms with Crippen LogP contribution < -0.4 is 10.6 Å². The summed E-state index contributed by atoms with van der Waals surface area (Å²) in [7, 11) is 0. The standard InChI is InChI=1S/C24H28N4O2S/c1-4-11-28-15(2)12-19(16(28)3)21-14-31-24(26-21)27-22(29)10-9-18-13-17-7-5-6-8-20(17)25-23(18)30/h5-8,12,14,18H,4,9-11,13H2,1-3H3,(H,25,30)(H,26,27,29)/t18-/m1/s1. The van der Waals surface area contributed by atoms with Crippen molar-refractivity contribution in [1.29, 1.82) is 0 Å². The summed E-state index contributed by atoms with van der Waals surface area (Å²) in [5, 5.41) is 8.43. The van der Waals surface area contributed by atoms with E-state index in [1.165, 1.54) is 22.7 Å². The number of benzene rings is 1. The van der Waals surface area contributed by atoms with Crippen molar-refractivity contribution in [3.05, 3.63) is 52.7 Å². The van der Waals surface area contributed by atoms with Gasteiger partial charge in [-0.25, -0.2) is 4.98 Å². The number of hydrogen-bond acceptors (Lipinski definition) is 4. The summed E-state index contributed by atoms with van der Waals surface area (Å²) in [5.41, 5.74) is 6.42. The molecule has 0 saturated heterocycles. The van der Waals surface area contributed by atoms with Crippen LogP contribution in [0.25, 0.3) is 11.3 Å². The third-order valence-electron chi connectivity index (χ3n) is 5.88. The monoisotopic (exact) mass is 436 g/mol. The Labute approximate surface area is 186 Å². The zero-order chi connectivity index (χ0) is 22.0. The largest absolute Gasteiger partial charge is 0.348 e. The van der Waals surface area contributed by atoms with Crippen molar-refractivity contribution < 1.29 is 9.59 Å². The molecule has 0 bridgehead atoms. The first-order chi connectivity index (χ1) is 15.0. The van der Waals surface area contributed by atoms with Crippen LogP contribution in [0.15, 0.2) is 35.7 Å². The smallest absolute Gasteiger partial charge is 0.227 e. The third-order valence-corrected chi connectivity index (χ3v) is 6.64. The van der Waals surface area contributed by atoms with E-state index in [2.05, 4.69) is 47.0 Å². The number of amides is 2. The molecule has 0 spiro atoms. The fourth-order valence-electron chi connectivity index (χ4n) is 4.22. The van der Waals surface area contributed by atoms with E-state index in [0.29, 0.717) is 24.4 Å². The van der Waals surface area contributed by atoms with E-state index in [0.717, 1.165) is 35.5 Å². The molecule has 2 aromatic heterocycles. The number of aromatic nitrogens is 2. The van der Waals surface area contributed by atoms with Crippen molar-refractivity contribution in [3.63, 3.8) is 0 Å². The van der Waals surface area contributed by atoms with Crippen LogP contribution in [0.2, 0.25) is 0 Å². The molecular weight excluding hydrogens is 408 g/mol. The molecule has 6 nitrogen and oxygen atoms in total. The normalized spacial score (nSPS) is 15.5. The number of para-hydroxylation sites is 1. The van der Waals surface area contributed by atoms with Crippen LogP contribution in [-0.4, -0.2) is 21.4 Å². The number of aryl methyl sites for hydroxylation is 1. The summed E-state index contributed by atoms with van der Waals surface area (Å²) < 4.78 is 2.31. The molecule has 3 heterocycles. The minimum absolute atomic E-state index is 0.00882. The first-order valence-electron chi connectivity index (χ1n) is 10.8. The fraction of sp³-hybridized carbons (Fsp3) is 0.375. The van der Waals surface area contributed by atoms with Gasteiger partial charge in [0.2, 0.25) is 11.8 Å². The number of fused-ring (bicyclic) bond motifs is 1. The van der Waals surface area contributed by atoms with Gasteiger partial charge in [0, 0.05) is 46.9 Å². The van der Waals surface area contributed by atoms with Gasteiger partial charge in [0.15, 0.2) is 5.13 Å². The van der Waals surface area contributed by atoms with Gasteiger partial charge >= 0.3 is 0 Å². The zero-order valence-corrected chi connectivity index (χ0v) is 19.0. The first kappa shape index (κ1) is 21.3. The molecule has 1 aromatic carbocycles. The second-order valence-electron chi connectivity index (χ2n) is 8.11. The predicted molar refractivity (Wildman–Crippen MR) is 125 cm³/mol. The maximum Gasteiger partial charge on any atom is 0.227 e. The minimum atomic E-state index is -0.184. The van der Waals surface area contributed by atoms with Gasteiger partial charge in [0.25, 0.3) is 0 Å². The van der Waals surface area contributed by atoms with Crippen molar-refractivity contribution in [3.8, 4) is 11.3 Å². The Hall–Kier alpha value is -2.93. The lowest BCUT2D eigenvalue weighted by atomic mass is 9.89. The van der Waals surface area contributed by atoms with Crippen molar-refractivity contribution in [1.82, 2.24) is 9.55 Å². The van der Waals surface area contributed by atoms with E-state index < -0.39 is 0 Å². The van der Waals surface area contributed by atoms with Crippen molar-refractivity contribution in [2.75, 3.05) is 10.6 Å². The van der Waals surface area contributed by atoms with Gasteiger partial charge in [0.1, 0.15) is 0 Å². The Bertz CT molecular complexity index is 1110. The van der Waals surface area contributed by atoms with Crippen molar-refractivity contribution in [2.45, 2.75) is 53.0 Å². The summed E-state index contributed by atoms with van der Waals surface area (Å²) in [6, 6.07) is 9.98. The minimum Gasteiger partial charge on any atom is -0.348 e. The molecule has 1 aliphatic rings. The van der Waals surface area contributed by atoms with Gasteiger partial charge in [-0.2, -0.15) is 0 Å². The van der Waals surface area contributed by atoms with E-state index in [1.54, 1.807) is 0 Å². The molecule has 0 unspecified atom stereocenters. The van der Waals surface area contributed by atoms with Gasteiger partial charge < -0.3 is 15.2 Å². The molecule has 0 aliphatic carbocycles. The molecule has 0 radical (unpaired) electrons. The highest BCUT2D eigenvalue weighted by molar-refractivity contribution is 7.14. The second kappa shape index (κ2) is 9.06. The summed E-state index contributed by atoms with van der Waals surface area (Å²) in [6.45, 7) is 7.39. The number of anilines is 2. The highest BCUT2D eigenvalue weighted by Crippen LogP contribution is 2.31. The molecular formula is C24H28N4O2S. The molecule has 0 fully saturated rings. The summed E-state index contributed by atoms with van der Waals surface area (Å²) in [6.07, 6.45) is 2.56. The van der Waals surface area contributed by atoms with Crippen molar-refractivity contribution >= 4 is 34.0 Å². The molecule has 1 aliphatic heterocycles. The van der Waals surface area contributed by atoms with Crippen LogP contribution >= 0.6 is 11.3 Å².